The van der Waals surface area contributed by atoms with Gasteiger partial charge in [-0.25, -0.2) is 0 Å². The summed E-state index contributed by atoms with van der Waals surface area (Å²) in [7, 11) is 2.73. The molecule has 1 saturated heterocycles. The SMILES string of the molecule is CC(=O)N1CC[C@@H](NC(=O)c2cc3cc(Cl)ccc3[nH]2)C(P)C1. The Morgan fingerprint density at radius 2 is 2.17 bits per heavy atom. The van der Waals surface area contributed by atoms with Crippen molar-refractivity contribution in [3.63, 3.8) is 0 Å². The summed E-state index contributed by atoms with van der Waals surface area (Å²) in [4.78, 5) is 28.8. The van der Waals surface area contributed by atoms with Crippen LogP contribution < -0.4 is 5.32 Å². The molecule has 5 nitrogen and oxygen atoms in total. The molecule has 2 unspecified atom stereocenters. The molecule has 1 aliphatic rings. The number of likely N-dealkylation sites (tertiary alicyclic amines) is 1. The van der Waals surface area contributed by atoms with Crippen molar-refractivity contribution in [2.75, 3.05) is 13.1 Å². The van der Waals surface area contributed by atoms with Gasteiger partial charge in [0.1, 0.15) is 5.69 Å². The van der Waals surface area contributed by atoms with Crippen LogP contribution >= 0.6 is 20.8 Å². The van der Waals surface area contributed by atoms with Gasteiger partial charge in [-0.05, 0) is 30.7 Å². The molecule has 1 aliphatic heterocycles. The van der Waals surface area contributed by atoms with Crippen molar-refractivity contribution in [3.8, 4) is 0 Å². The van der Waals surface area contributed by atoms with Gasteiger partial charge in [-0.1, -0.05) is 11.6 Å². The van der Waals surface area contributed by atoms with E-state index >= 15 is 0 Å². The highest BCUT2D eigenvalue weighted by molar-refractivity contribution is 7.17. The minimum Gasteiger partial charge on any atom is -0.351 e. The van der Waals surface area contributed by atoms with E-state index in [1.165, 1.54) is 0 Å². The summed E-state index contributed by atoms with van der Waals surface area (Å²) in [5.74, 6) is -0.0548. The fourth-order valence-electron chi connectivity index (χ4n) is 2.92. The summed E-state index contributed by atoms with van der Waals surface area (Å²) < 4.78 is 0. The van der Waals surface area contributed by atoms with Crippen LogP contribution in [0.5, 0.6) is 0 Å². The number of fused-ring (bicyclic) bond motifs is 1. The van der Waals surface area contributed by atoms with Gasteiger partial charge in [0.2, 0.25) is 5.91 Å². The van der Waals surface area contributed by atoms with E-state index in [4.69, 9.17) is 11.6 Å². The fourth-order valence-corrected chi connectivity index (χ4v) is 3.64. The second-order valence-corrected chi connectivity index (χ2v) is 7.20. The lowest BCUT2D eigenvalue weighted by Crippen LogP contribution is -2.52. The van der Waals surface area contributed by atoms with Crippen molar-refractivity contribution >= 4 is 43.6 Å². The Morgan fingerprint density at radius 1 is 1.39 bits per heavy atom. The predicted molar refractivity (Wildman–Crippen MR) is 94.9 cm³/mol. The lowest BCUT2D eigenvalue weighted by atomic mass is 10.0. The number of nitrogens with one attached hydrogen (secondary N) is 2. The number of hydrogen-bond donors (Lipinski definition) is 2. The summed E-state index contributed by atoms with van der Waals surface area (Å²) in [5.41, 5.74) is 1.55. The van der Waals surface area contributed by atoms with Gasteiger partial charge >= 0.3 is 0 Å². The fraction of sp³-hybridized carbons (Fsp3) is 0.375. The van der Waals surface area contributed by atoms with Crippen molar-refractivity contribution < 1.29 is 9.59 Å². The highest BCUT2D eigenvalue weighted by atomic mass is 35.5. The minimum atomic E-state index is -0.133. The summed E-state index contributed by atoms with van der Waals surface area (Å²) in [5, 5.41) is 4.61. The number of carbonyl (C=O) groups is 2. The third-order valence-corrected chi connectivity index (χ3v) is 5.16. The lowest BCUT2D eigenvalue weighted by Gasteiger charge is -2.36. The van der Waals surface area contributed by atoms with Crippen molar-refractivity contribution in [3.05, 3.63) is 35.0 Å². The van der Waals surface area contributed by atoms with Crippen LogP contribution in [0.25, 0.3) is 10.9 Å². The summed E-state index contributed by atoms with van der Waals surface area (Å²) in [6, 6.07) is 7.32. The molecule has 7 heteroatoms. The number of benzene rings is 1. The van der Waals surface area contributed by atoms with E-state index in [1.54, 1.807) is 19.1 Å². The molecular weight excluding hydrogens is 333 g/mol. The van der Waals surface area contributed by atoms with Crippen LogP contribution in [0.15, 0.2) is 24.3 Å². The smallest absolute Gasteiger partial charge is 0.267 e. The van der Waals surface area contributed by atoms with E-state index in [2.05, 4.69) is 19.5 Å². The van der Waals surface area contributed by atoms with Crippen LogP contribution in [0.2, 0.25) is 5.02 Å². The molecule has 0 spiro atoms. The van der Waals surface area contributed by atoms with E-state index in [9.17, 15) is 9.59 Å². The van der Waals surface area contributed by atoms with Crippen LogP contribution in [-0.2, 0) is 4.79 Å². The van der Waals surface area contributed by atoms with Gasteiger partial charge in [0.05, 0.1) is 0 Å². The number of amides is 2. The highest BCUT2D eigenvalue weighted by Crippen LogP contribution is 2.22. The third kappa shape index (κ3) is 3.51. The number of aromatic amines is 1. The van der Waals surface area contributed by atoms with Gasteiger partial charge in [0.15, 0.2) is 0 Å². The maximum atomic E-state index is 12.5. The topological polar surface area (TPSA) is 65.2 Å². The molecule has 1 fully saturated rings. The standard InChI is InChI=1S/C16H19ClN3O2P/c1-9(21)20-5-4-13(15(23)8-20)19-16(22)14-7-10-6-11(17)2-3-12(10)18-14/h2-3,6-7,13,15,18H,4-5,8,23H2,1H3,(H,19,22)/t13-,15?/m1/s1. The van der Waals surface area contributed by atoms with Crippen LogP contribution in [-0.4, -0.2) is 46.5 Å². The zero-order valence-corrected chi connectivity index (χ0v) is 14.7. The molecule has 3 rings (SSSR count). The number of rotatable bonds is 2. The van der Waals surface area contributed by atoms with E-state index in [0.29, 0.717) is 23.8 Å². The number of carbonyl (C=O) groups excluding carboxylic acids is 2. The number of aromatic nitrogens is 1. The molecule has 2 aromatic rings. The van der Waals surface area contributed by atoms with Gasteiger partial charge in [0.25, 0.3) is 5.91 Å². The molecule has 3 atom stereocenters. The van der Waals surface area contributed by atoms with Crippen LogP contribution in [0, 0.1) is 0 Å². The van der Waals surface area contributed by atoms with Gasteiger partial charge in [-0.3, -0.25) is 9.59 Å². The second kappa shape index (κ2) is 6.50. The monoisotopic (exact) mass is 351 g/mol. The Hall–Kier alpha value is -1.58. The Morgan fingerprint density at radius 3 is 2.87 bits per heavy atom. The first-order valence-electron chi connectivity index (χ1n) is 7.54. The molecule has 2 heterocycles. The predicted octanol–water partition coefficient (Wildman–Crippen LogP) is 2.42. The van der Waals surface area contributed by atoms with E-state index in [-0.39, 0.29) is 23.5 Å². The van der Waals surface area contributed by atoms with Gasteiger partial charge in [-0.2, -0.15) is 0 Å². The molecule has 122 valence electrons. The van der Waals surface area contributed by atoms with Crippen LogP contribution in [0.4, 0.5) is 0 Å². The molecule has 2 amide bonds. The third-order valence-electron chi connectivity index (χ3n) is 4.25. The maximum absolute atomic E-state index is 12.5. The Balaban J connectivity index is 1.69. The summed E-state index contributed by atoms with van der Waals surface area (Å²) >= 11 is 5.97. The van der Waals surface area contributed by atoms with Gasteiger partial charge in [0, 0.05) is 47.6 Å². The van der Waals surface area contributed by atoms with Gasteiger partial charge in [-0.15, -0.1) is 9.24 Å². The number of nitrogens with zero attached hydrogens (tertiary/aromatic N) is 1. The van der Waals surface area contributed by atoms with Crippen molar-refractivity contribution in [1.29, 1.82) is 0 Å². The largest absolute Gasteiger partial charge is 0.351 e. The Kier molecular flexibility index (Phi) is 4.60. The molecule has 0 aliphatic carbocycles. The zero-order chi connectivity index (χ0) is 16.6. The number of piperidine rings is 1. The van der Waals surface area contributed by atoms with Crippen molar-refractivity contribution in [1.82, 2.24) is 15.2 Å². The van der Waals surface area contributed by atoms with Crippen LogP contribution in [0.1, 0.15) is 23.8 Å². The Labute approximate surface area is 142 Å². The zero-order valence-electron chi connectivity index (χ0n) is 12.8. The van der Waals surface area contributed by atoms with E-state index in [1.807, 2.05) is 17.0 Å². The molecule has 1 aromatic heterocycles. The molecule has 2 N–H and O–H groups in total. The summed E-state index contributed by atoms with van der Waals surface area (Å²) in [6.07, 6.45) is 0.755. The van der Waals surface area contributed by atoms with E-state index < -0.39 is 0 Å². The first kappa shape index (κ1) is 16.3. The molecule has 23 heavy (non-hydrogen) atoms. The average molecular weight is 352 g/mol. The van der Waals surface area contributed by atoms with Gasteiger partial charge < -0.3 is 15.2 Å². The Bertz CT molecular complexity index is 761. The quantitative estimate of drug-likeness (QED) is 0.816. The molecular formula is C16H19ClN3O2P. The molecule has 0 bridgehead atoms. The minimum absolute atomic E-state index is 0.0399. The average Bonchev–Trinajstić information content (AvgIpc) is 2.92. The molecule has 0 radical (unpaired) electrons. The first-order chi connectivity index (χ1) is 10.9. The molecule has 1 aromatic carbocycles. The number of halogens is 1. The van der Waals surface area contributed by atoms with E-state index in [0.717, 1.165) is 17.3 Å². The lowest BCUT2D eigenvalue weighted by molar-refractivity contribution is -0.129. The van der Waals surface area contributed by atoms with Crippen molar-refractivity contribution in [2.24, 2.45) is 0 Å². The molecule has 0 saturated carbocycles. The summed E-state index contributed by atoms with van der Waals surface area (Å²) in [6.45, 7) is 2.90. The highest BCUT2D eigenvalue weighted by Gasteiger charge is 2.29. The van der Waals surface area contributed by atoms with Crippen LogP contribution in [0.3, 0.4) is 0 Å². The number of hydrogen-bond acceptors (Lipinski definition) is 2. The second-order valence-electron chi connectivity index (χ2n) is 5.91. The number of H-pyrrole nitrogens is 1. The normalized spacial score (nSPS) is 21.4. The maximum Gasteiger partial charge on any atom is 0.267 e. The van der Waals surface area contributed by atoms with Crippen molar-refractivity contribution in [2.45, 2.75) is 25.0 Å². The first-order valence-corrected chi connectivity index (χ1v) is 8.59.